The number of benzene rings is 2. The second kappa shape index (κ2) is 8.08. The SMILES string of the molecule is O=[C][C@@H](CCCc1ccccc1)NC(=O)c1cccc(F)c1. The van der Waals surface area contributed by atoms with Crippen LogP contribution in [0.3, 0.4) is 0 Å². The molecule has 0 aliphatic carbocycles. The van der Waals surface area contributed by atoms with Crippen molar-refractivity contribution in [3.8, 4) is 0 Å². The Bertz CT molecular complexity index is 628. The van der Waals surface area contributed by atoms with Gasteiger partial charge in [-0.05, 0) is 43.0 Å². The number of halogens is 1. The van der Waals surface area contributed by atoms with Crippen molar-refractivity contribution in [3.05, 3.63) is 71.5 Å². The van der Waals surface area contributed by atoms with Crippen molar-refractivity contribution in [2.75, 3.05) is 0 Å². The topological polar surface area (TPSA) is 46.2 Å². The average molecular weight is 298 g/mol. The summed E-state index contributed by atoms with van der Waals surface area (Å²) >= 11 is 0. The molecule has 0 aliphatic rings. The molecule has 4 heteroatoms. The largest absolute Gasteiger partial charge is 0.342 e. The Hall–Kier alpha value is -2.49. The van der Waals surface area contributed by atoms with Crippen LogP contribution in [0.15, 0.2) is 54.6 Å². The Morgan fingerprint density at radius 2 is 1.91 bits per heavy atom. The Morgan fingerprint density at radius 3 is 2.59 bits per heavy atom. The molecule has 2 aromatic carbocycles. The molecule has 0 fully saturated rings. The molecule has 2 aromatic rings. The number of hydrogen-bond donors (Lipinski definition) is 1. The minimum atomic E-state index is -0.681. The summed E-state index contributed by atoms with van der Waals surface area (Å²) in [6, 6.07) is 14.6. The van der Waals surface area contributed by atoms with Gasteiger partial charge < -0.3 is 5.32 Å². The van der Waals surface area contributed by atoms with Crippen molar-refractivity contribution >= 4 is 12.2 Å². The van der Waals surface area contributed by atoms with Crippen molar-refractivity contribution in [2.45, 2.75) is 25.3 Å². The zero-order valence-corrected chi connectivity index (χ0v) is 12.1. The lowest BCUT2D eigenvalue weighted by Gasteiger charge is -2.12. The average Bonchev–Trinajstić information content (AvgIpc) is 2.54. The molecule has 0 aliphatic heterocycles. The summed E-state index contributed by atoms with van der Waals surface area (Å²) in [6.45, 7) is 0. The maximum atomic E-state index is 13.1. The molecule has 0 saturated heterocycles. The molecule has 1 N–H and O–H groups in total. The quantitative estimate of drug-likeness (QED) is 0.854. The van der Waals surface area contributed by atoms with Crippen molar-refractivity contribution in [2.24, 2.45) is 0 Å². The molecular weight excluding hydrogens is 281 g/mol. The summed E-state index contributed by atoms with van der Waals surface area (Å²) < 4.78 is 13.1. The third-order valence-electron chi connectivity index (χ3n) is 3.34. The lowest BCUT2D eigenvalue weighted by molar-refractivity contribution is 0.0944. The molecule has 1 atom stereocenters. The van der Waals surface area contributed by atoms with E-state index in [-0.39, 0.29) is 5.56 Å². The van der Waals surface area contributed by atoms with Crippen LogP contribution in [0.4, 0.5) is 4.39 Å². The second-order valence-corrected chi connectivity index (χ2v) is 5.03. The van der Waals surface area contributed by atoms with Crippen LogP contribution in [-0.4, -0.2) is 18.2 Å². The van der Waals surface area contributed by atoms with Gasteiger partial charge in [-0.1, -0.05) is 36.4 Å². The van der Waals surface area contributed by atoms with Crippen molar-refractivity contribution < 1.29 is 14.0 Å². The summed E-state index contributed by atoms with van der Waals surface area (Å²) in [5, 5.41) is 2.57. The number of hydrogen-bond acceptors (Lipinski definition) is 2. The lowest BCUT2D eigenvalue weighted by atomic mass is 10.0. The first-order chi connectivity index (χ1) is 10.7. The van der Waals surface area contributed by atoms with E-state index in [9.17, 15) is 14.0 Å². The van der Waals surface area contributed by atoms with Crippen molar-refractivity contribution in [1.29, 1.82) is 0 Å². The van der Waals surface area contributed by atoms with Gasteiger partial charge in [-0.2, -0.15) is 0 Å². The Labute approximate surface area is 129 Å². The standard InChI is InChI=1S/C18H17FNO2/c19-16-10-5-9-15(12-16)18(22)20-17(13-21)11-4-8-14-6-2-1-3-7-14/h1-3,5-7,9-10,12,17H,4,8,11H2,(H,20,22)/t17-/m1/s1. The maximum absolute atomic E-state index is 13.1. The molecule has 113 valence electrons. The summed E-state index contributed by atoms with van der Waals surface area (Å²) in [6.07, 6.45) is 3.91. The fourth-order valence-corrected chi connectivity index (χ4v) is 2.19. The van der Waals surface area contributed by atoms with Gasteiger partial charge in [0.2, 0.25) is 6.29 Å². The molecule has 1 amide bonds. The maximum Gasteiger partial charge on any atom is 0.251 e. The number of carbonyl (C=O) groups excluding carboxylic acids is 2. The first-order valence-electron chi connectivity index (χ1n) is 7.17. The summed E-state index contributed by atoms with van der Waals surface area (Å²) in [4.78, 5) is 22.9. The highest BCUT2D eigenvalue weighted by atomic mass is 19.1. The normalized spacial score (nSPS) is 11.7. The van der Waals surface area contributed by atoms with E-state index in [1.54, 1.807) is 0 Å². The molecule has 0 aromatic heterocycles. The predicted molar refractivity (Wildman–Crippen MR) is 82.7 cm³/mol. The van der Waals surface area contributed by atoms with Crippen LogP contribution in [0, 0.1) is 5.82 Å². The van der Waals surface area contributed by atoms with Gasteiger partial charge in [-0.3, -0.25) is 9.59 Å². The van der Waals surface area contributed by atoms with E-state index in [1.165, 1.54) is 23.8 Å². The Balaban J connectivity index is 1.84. The van der Waals surface area contributed by atoms with Gasteiger partial charge >= 0.3 is 0 Å². The molecule has 0 saturated carbocycles. The van der Waals surface area contributed by atoms with E-state index in [2.05, 4.69) is 5.32 Å². The smallest absolute Gasteiger partial charge is 0.251 e. The summed E-state index contributed by atoms with van der Waals surface area (Å²) in [7, 11) is 0. The highest BCUT2D eigenvalue weighted by molar-refractivity contribution is 5.95. The fraction of sp³-hybridized carbons (Fsp3) is 0.222. The van der Waals surface area contributed by atoms with Crippen LogP contribution in [-0.2, 0) is 11.2 Å². The molecule has 1 radical (unpaired) electrons. The first-order valence-corrected chi connectivity index (χ1v) is 7.17. The minimum absolute atomic E-state index is 0.198. The van der Waals surface area contributed by atoms with Gasteiger partial charge in [0, 0.05) is 5.56 Å². The van der Waals surface area contributed by atoms with Crippen LogP contribution in [0.1, 0.15) is 28.8 Å². The molecule has 2 rings (SSSR count). The van der Waals surface area contributed by atoms with Crippen LogP contribution < -0.4 is 5.32 Å². The summed E-state index contributed by atoms with van der Waals surface area (Å²) in [5.41, 5.74) is 1.38. The van der Waals surface area contributed by atoms with Crippen LogP contribution in [0.2, 0.25) is 0 Å². The predicted octanol–water partition coefficient (Wildman–Crippen LogP) is 3.06. The van der Waals surface area contributed by atoms with Gasteiger partial charge in [0.25, 0.3) is 5.91 Å². The number of rotatable bonds is 7. The van der Waals surface area contributed by atoms with E-state index >= 15 is 0 Å². The van der Waals surface area contributed by atoms with Crippen molar-refractivity contribution in [1.82, 2.24) is 5.32 Å². The second-order valence-electron chi connectivity index (χ2n) is 5.03. The van der Waals surface area contributed by atoms with E-state index in [1.807, 2.05) is 36.6 Å². The number of aryl methyl sites for hydroxylation is 1. The van der Waals surface area contributed by atoms with E-state index in [4.69, 9.17) is 0 Å². The van der Waals surface area contributed by atoms with E-state index in [0.29, 0.717) is 6.42 Å². The first kappa shape index (κ1) is 15.9. The van der Waals surface area contributed by atoms with Gasteiger partial charge in [0.1, 0.15) is 5.82 Å². The van der Waals surface area contributed by atoms with Crippen molar-refractivity contribution in [3.63, 3.8) is 0 Å². The summed E-state index contributed by atoms with van der Waals surface area (Å²) in [5.74, 6) is -0.948. The Morgan fingerprint density at radius 1 is 1.14 bits per heavy atom. The minimum Gasteiger partial charge on any atom is -0.342 e. The van der Waals surface area contributed by atoms with Gasteiger partial charge in [0.15, 0.2) is 0 Å². The highest BCUT2D eigenvalue weighted by Crippen LogP contribution is 2.08. The zero-order chi connectivity index (χ0) is 15.8. The Kier molecular flexibility index (Phi) is 5.83. The van der Waals surface area contributed by atoms with Gasteiger partial charge in [0.05, 0.1) is 6.04 Å². The third kappa shape index (κ3) is 4.81. The van der Waals surface area contributed by atoms with Crippen LogP contribution >= 0.6 is 0 Å². The molecule has 0 bridgehead atoms. The molecule has 0 spiro atoms. The lowest BCUT2D eigenvalue weighted by Crippen LogP contribution is -2.36. The molecule has 0 unspecified atom stereocenters. The third-order valence-corrected chi connectivity index (χ3v) is 3.34. The number of amides is 1. The fourth-order valence-electron chi connectivity index (χ4n) is 2.19. The van der Waals surface area contributed by atoms with Crippen LogP contribution in [0.5, 0.6) is 0 Å². The molecule has 3 nitrogen and oxygen atoms in total. The number of nitrogens with one attached hydrogen (secondary N) is 1. The molecule has 22 heavy (non-hydrogen) atoms. The van der Waals surface area contributed by atoms with Gasteiger partial charge in [-0.15, -0.1) is 0 Å². The monoisotopic (exact) mass is 298 g/mol. The number of carbonyl (C=O) groups is 1. The van der Waals surface area contributed by atoms with E-state index < -0.39 is 17.8 Å². The van der Waals surface area contributed by atoms with E-state index in [0.717, 1.165) is 18.9 Å². The molecular formula is C18H17FNO2. The van der Waals surface area contributed by atoms with Gasteiger partial charge in [-0.25, -0.2) is 4.39 Å². The molecule has 0 heterocycles. The zero-order valence-electron chi connectivity index (χ0n) is 12.1. The highest BCUT2D eigenvalue weighted by Gasteiger charge is 2.14. The van der Waals surface area contributed by atoms with Crippen LogP contribution in [0.25, 0.3) is 0 Å².